The lowest BCUT2D eigenvalue weighted by molar-refractivity contribution is 0.122. The molecule has 1 saturated heterocycles. The summed E-state index contributed by atoms with van der Waals surface area (Å²) in [5, 5.41) is 4.48. The predicted octanol–water partition coefficient (Wildman–Crippen LogP) is 2.91. The number of hydrogen-bond acceptors (Lipinski definition) is 5. The molecule has 3 aromatic rings. The van der Waals surface area contributed by atoms with Crippen molar-refractivity contribution in [2.45, 2.75) is 6.61 Å². The average molecular weight is 389 g/mol. The topological polar surface area (TPSA) is 51.9 Å². The van der Waals surface area contributed by atoms with Gasteiger partial charge < -0.3 is 14.4 Å². The number of nitrogens with zero attached hydrogens (tertiary/aromatic N) is 4. The molecule has 0 saturated carbocycles. The summed E-state index contributed by atoms with van der Waals surface area (Å²) in [7, 11) is 0. The molecule has 0 aliphatic carbocycles. The number of hydrogen-bond donors (Lipinski definition) is 0. The van der Waals surface area contributed by atoms with Crippen molar-refractivity contribution < 1.29 is 9.47 Å². The summed E-state index contributed by atoms with van der Waals surface area (Å²) < 4.78 is 14.0. The van der Waals surface area contributed by atoms with Crippen LogP contribution in [0.3, 0.4) is 0 Å². The van der Waals surface area contributed by atoms with Gasteiger partial charge in [0.1, 0.15) is 17.0 Å². The third-order valence-corrected chi connectivity index (χ3v) is 4.31. The molecular weight excluding hydrogens is 372 g/mol. The molecule has 0 bridgehead atoms. The van der Waals surface area contributed by atoms with E-state index in [1.165, 1.54) is 0 Å². The highest BCUT2D eigenvalue weighted by Crippen LogP contribution is 2.25. The van der Waals surface area contributed by atoms with Gasteiger partial charge in [-0.25, -0.2) is 0 Å². The first-order valence-corrected chi connectivity index (χ1v) is 8.65. The lowest BCUT2D eigenvalue weighted by Gasteiger charge is -2.29. The standard InChI is InChI=1S/C17H17BrN4O2/c18-14-10-15-19-16(24-12-13-4-2-1-3-5-13)11-17(22(15)20-14)21-6-8-23-9-7-21/h1-5,10-11H,6-9,12H2. The number of benzene rings is 1. The van der Waals surface area contributed by atoms with Crippen molar-refractivity contribution in [3.05, 3.63) is 52.6 Å². The van der Waals surface area contributed by atoms with Crippen molar-refractivity contribution in [1.29, 1.82) is 0 Å². The summed E-state index contributed by atoms with van der Waals surface area (Å²) in [5.74, 6) is 1.57. The van der Waals surface area contributed by atoms with Gasteiger partial charge in [-0.3, -0.25) is 0 Å². The Bertz CT molecular complexity index is 831. The van der Waals surface area contributed by atoms with Crippen LogP contribution in [0.1, 0.15) is 5.56 Å². The van der Waals surface area contributed by atoms with Crippen molar-refractivity contribution in [1.82, 2.24) is 14.6 Å². The molecule has 3 heterocycles. The maximum atomic E-state index is 5.92. The third kappa shape index (κ3) is 3.22. The van der Waals surface area contributed by atoms with Crippen LogP contribution in [0.15, 0.2) is 47.1 Å². The van der Waals surface area contributed by atoms with E-state index < -0.39 is 0 Å². The highest BCUT2D eigenvalue weighted by atomic mass is 79.9. The Hall–Kier alpha value is -2.12. The van der Waals surface area contributed by atoms with Gasteiger partial charge in [-0.15, -0.1) is 0 Å². The Morgan fingerprint density at radius 1 is 1.12 bits per heavy atom. The van der Waals surface area contributed by atoms with Gasteiger partial charge in [0, 0.05) is 25.2 Å². The number of rotatable bonds is 4. The molecule has 0 atom stereocenters. The molecule has 1 aromatic carbocycles. The minimum Gasteiger partial charge on any atom is -0.473 e. The van der Waals surface area contributed by atoms with Crippen molar-refractivity contribution >= 4 is 27.4 Å². The molecule has 6 nitrogen and oxygen atoms in total. The Balaban J connectivity index is 1.65. The fourth-order valence-corrected chi connectivity index (χ4v) is 3.09. The summed E-state index contributed by atoms with van der Waals surface area (Å²) in [6.07, 6.45) is 0. The highest BCUT2D eigenvalue weighted by Gasteiger charge is 2.18. The maximum Gasteiger partial charge on any atom is 0.219 e. The van der Waals surface area contributed by atoms with Crippen molar-refractivity contribution in [3.8, 4) is 5.88 Å². The van der Waals surface area contributed by atoms with Crippen molar-refractivity contribution in [2.75, 3.05) is 31.2 Å². The van der Waals surface area contributed by atoms with E-state index in [0.29, 0.717) is 25.7 Å². The van der Waals surface area contributed by atoms with Gasteiger partial charge in [-0.05, 0) is 21.5 Å². The van der Waals surface area contributed by atoms with E-state index in [9.17, 15) is 0 Å². The quantitative estimate of drug-likeness (QED) is 0.687. The fraction of sp³-hybridized carbons (Fsp3) is 0.294. The van der Waals surface area contributed by atoms with Crippen LogP contribution in [0, 0.1) is 0 Å². The SMILES string of the molecule is Brc1cc2nc(OCc3ccccc3)cc(N3CCOCC3)n2n1. The van der Waals surface area contributed by atoms with Gasteiger partial charge in [-0.2, -0.15) is 14.6 Å². The van der Waals surface area contributed by atoms with Crippen LogP contribution >= 0.6 is 15.9 Å². The minimum absolute atomic E-state index is 0.488. The van der Waals surface area contributed by atoms with Crippen LogP contribution in [-0.4, -0.2) is 40.9 Å². The van der Waals surface area contributed by atoms with E-state index in [-0.39, 0.29) is 0 Å². The van der Waals surface area contributed by atoms with Crippen molar-refractivity contribution in [3.63, 3.8) is 0 Å². The lowest BCUT2D eigenvalue weighted by Crippen LogP contribution is -2.37. The predicted molar refractivity (Wildman–Crippen MR) is 94.5 cm³/mol. The molecule has 124 valence electrons. The first-order valence-electron chi connectivity index (χ1n) is 7.85. The summed E-state index contributed by atoms with van der Waals surface area (Å²) in [6, 6.07) is 13.9. The van der Waals surface area contributed by atoms with E-state index in [2.05, 4.69) is 30.9 Å². The Morgan fingerprint density at radius 2 is 1.92 bits per heavy atom. The normalized spacial score (nSPS) is 15.0. The monoisotopic (exact) mass is 388 g/mol. The van der Waals surface area contributed by atoms with Gasteiger partial charge in [-0.1, -0.05) is 30.3 Å². The van der Waals surface area contributed by atoms with Crippen LogP contribution in [0.2, 0.25) is 0 Å². The number of ether oxygens (including phenoxy) is 2. The summed E-state index contributed by atoms with van der Waals surface area (Å²) in [4.78, 5) is 6.80. The summed E-state index contributed by atoms with van der Waals surface area (Å²) >= 11 is 3.43. The van der Waals surface area contributed by atoms with Crippen LogP contribution in [0.4, 0.5) is 5.82 Å². The molecule has 4 rings (SSSR count). The van der Waals surface area contributed by atoms with Crippen LogP contribution < -0.4 is 9.64 Å². The van der Waals surface area contributed by atoms with Gasteiger partial charge in [0.15, 0.2) is 5.65 Å². The van der Waals surface area contributed by atoms with Gasteiger partial charge >= 0.3 is 0 Å². The second kappa shape index (κ2) is 6.78. The minimum atomic E-state index is 0.488. The smallest absolute Gasteiger partial charge is 0.219 e. The van der Waals surface area contributed by atoms with E-state index in [1.54, 1.807) is 0 Å². The van der Waals surface area contributed by atoms with Crippen LogP contribution in [0.5, 0.6) is 5.88 Å². The number of aromatic nitrogens is 3. The molecule has 1 aliphatic heterocycles. The van der Waals surface area contributed by atoms with Crippen molar-refractivity contribution in [2.24, 2.45) is 0 Å². The fourth-order valence-electron chi connectivity index (χ4n) is 2.73. The third-order valence-electron chi connectivity index (χ3n) is 3.92. The molecule has 2 aromatic heterocycles. The van der Waals surface area contributed by atoms with E-state index in [4.69, 9.17) is 9.47 Å². The van der Waals surface area contributed by atoms with Crippen LogP contribution in [0.25, 0.3) is 5.65 Å². The number of morpholine rings is 1. The van der Waals surface area contributed by atoms with E-state index in [1.807, 2.05) is 47.0 Å². The molecule has 0 spiro atoms. The van der Waals surface area contributed by atoms with Gasteiger partial charge in [0.05, 0.1) is 13.2 Å². The molecule has 1 aliphatic rings. The zero-order valence-electron chi connectivity index (χ0n) is 13.1. The number of anilines is 1. The van der Waals surface area contributed by atoms with Crippen LogP contribution in [-0.2, 0) is 11.3 Å². The Morgan fingerprint density at radius 3 is 2.71 bits per heavy atom. The highest BCUT2D eigenvalue weighted by molar-refractivity contribution is 9.10. The maximum absolute atomic E-state index is 5.92. The zero-order chi connectivity index (χ0) is 16.4. The molecular formula is C17H17BrN4O2. The second-order valence-electron chi connectivity index (χ2n) is 5.56. The lowest BCUT2D eigenvalue weighted by atomic mass is 10.2. The van der Waals surface area contributed by atoms with E-state index in [0.717, 1.165) is 34.7 Å². The second-order valence-corrected chi connectivity index (χ2v) is 6.38. The summed E-state index contributed by atoms with van der Waals surface area (Å²) in [6.45, 7) is 3.57. The zero-order valence-corrected chi connectivity index (χ0v) is 14.6. The Kier molecular flexibility index (Phi) is 4.36. The average Bonchev–Trinajstić information content (AvgIpc) is 3.01. The number of fused-ring (bicyclic) bond motifs is 1. The van der Waals surface area contributed by atoms with Gasteiger partial charge in [0.2, 0.25) is 5.88 Å². The number of halogens is 1. The molecule has 0 N–H and O–H groups in total. The molecule has 0 radical (unpaired) electrons. The first kappa shape index (κ1) is 15.4. The van der Waals surface area contributed by atoms with E-state index >= 15 is 0 Å². The van der Waals surface area contributed by atoms with Gasteiger partial charge in [0.25, 0.3) is 0 Å². The molecule has 1 fully saturated rings. The molecule has 24 heavy (non-hydrogen) atoms. The largest absolute Gasteiger partial charge is 0.473 e. The first-order chi connectivity index (χ1) is 11.8. The molecule has 0 amide bonds. The Labute approximate surface area is 148 Å². The summed E-state index contributed by atoms with van der Waals surface area (Å²) in [5.41, 5.74) is 1.87. The molecule has 0 unspecified atom stereocenters. The molecule has 7 heteroatoms.